The van der Waals surface area contributed by atoms with Crippen molar-refractivity contribution in [2.45, 2.75) is 26.3 Å². The van der Waals surface area contributed by atoms with Crippen molar-refractivity contribution in [2.75, 3.05) is 6.61 Å². The molecule has 7 heteroatoms. The van der Waals surface area contributed by atoms with Crippen LogP contribution in [-0.4, -0.2) is 24.4 Å². The molecule has 0 aliphatic heterocycles. The number of carbonyl (C=O) groups is 3. The molecule has 0 saturated carbocycles. The van der Waals surface area contributed by atoms with Crippen molar-refractivity contribution in [1.82, 2.24) is 5.32 Å². The minimum Gasteiger partial charge on any atom is -0.457 e. The summed E-state index contributed by atoms with van der Waals surface area (Å²) in [5, 5.41) is 2.86. The largest absolute Gasteiger partial charge is 0.457 e. The molecular formula is C20H21ClN2O4. The van der Waals surface area contributed by atoms with Crippen LogP contribution in [0.5, 0.6) is 0 Å². The maximum Gasteiger partial charge on any atom is 0.312 e. The summed E-state index contributed by atoms with van der Waals surface area (Å²) >= 11 is 6.13. The highest BCUT2D eigenvalue weighted by Gasteiger charge is 2.21. The third kappa shape index (κ3) is 5.82. The maximum atomic E-state index is 12.3. The fraction of sp³-hybridized carbons (Fsp3) is 0.250. The molecule has 142 valence electrons. The first kappa shape index (κ1) is 20.5. The topological polar surface area (TPSA) is 98.5 Å². The molecule has 1 atom stereocenters. The molecule has 0 heterocycles. The molecule has 1 unspecified atom stereocenters. The first-order valence-corrected chi connectivity index (χ1v) is 8.72. The monoisotopic (exact) mass is 388 g/mol. The Balaban J connectivity index is 2.02. The lowest BCUT2D eigenvalue weighted by Gasteiger charge is -2.18. The second-order valence-electron chi connectivity index (χ2n) is 6.19. The van der Waals surface area contributed by atoms with Crippen molar-refractivity contribution in [1.29, 1.82) is 0 Å². The first-order chi connectivity index (χ1) is 12.8. The Hall–Kier alpha value is -2.86. The van der Waals surface area contributed by atoms with E-state index in [1.807, 2.05) is 26.0 Å². The number of aryl methyl sites for hydroxylation is 2. The summed E-state index contributed by atoms with van der Waals surface area (Å²) in [5.74, 6) is -0.940. The van der Waals surface area contributed by atoms with E-state index in [1.54, 1.807) is 30.3 Å². The van der Waals surface area contributed by atoms with Gasteiger partial charge in [-0.1, -0.05) is 53.6 Å². The van der Waals surface area contributed by atoms with Gasteiger partial charge in [0.15, 0.2) is 6.61 Å². The molecule has 27 heavy (non-hydrogen) atoms. The van der Waals surface area contributed by atoms with E-state index in [0.29, 0.717) is 16.1 Å². The highest BCUT2D eigenvalue weighted by molar-refractivity contribution is 6.31. The molecule has 0 saturated heterocycles. The molecule has 0 fully saturated rings. The number of Topliss-reactive ketones (excluding diaryl/α,β-unsaturated/α-hetero) is 1. The van der Waals surface area contributed by atoms with Crippen LogP contribution in [-0.2, 0) is 9.53 Å². The standard InChI is InChI=1S/C20H21ClN2O4/c1-12-7-8-14(13(2)9-12)18(24)11-27-19(25)10-17(23-20(22)26)15-5-3-4-6-16(15)21/h3-9,17H,10-11H2,1-2H3,(H3,22,23,26). The van der Waals surface area contributed by atoms with Crippen LogP contribution in [0.3, 0.4) is 0 Å². The van der Waals surface area contributed by atoms with Crippen molar-refractivity contribution in [3.05, 3.63) is 69.7 Å². The average molecular weight is 389 g/mol. The second kappa shape index (κ2) is 9.19. The number of halogens is 1. The van der Waals surface area contributed by atoms with Crippen molar-refractivity contribution in [3.63, 3.8) is 0 Å². The summed E-state index contributed by atoms with van der Waals surface area (Å²) in [6, 6.07) is 10.7. The van der Waals surface area contributed by atoms with Crippen LogP contribution in [0.4, 0.5) is 4.79 Å². The molecule has 0 spiro atoms. The Morgan fingerprint density at radius 2 is 1.85 bits per heavy atom. The Morgan fingerprint density at radius 1 is 1.15 bits per heavy atom. The molecule has 0 aromatic heterocycles. The van der Waals surface area contributed by atoms with Crippen molar-refractivity contribution in [3.8, 4) is 0 Å². The summed E-state index contributed by atoms with van der Waals surface area (Å²) < 4.78 is 5.09. The molecule has 0 radical (unpaired) electrons. The van der Waals surface area contributed by atoms with Gasteiger partial charge in [0, 0.05) is 10.6 Å². The lowest BCUT2D eigenvalue weighted by molar-refractivity contribution is -0.143. The highest BCUT2D eigenvalue weighted by Crippen LogP contribution is 2.25. The average Bonchev–Trinajstić information content (AvgIpc) is 2.59. The lowest BCUT2D eigenvalue weighted by Crippen LogP contribution is -2.35. The van der Waals surface area contributed by atoms with Crippen LogP contribution in [0.15, 0.2) is 42.5 Å². The Bertz CT molecular complexity index is 867. The summed E-state index contributed by atoms with van der Waals surface area (Å²) in [4.78, 5) is 35.7. The van der Waals surface area contributed by atoms with E-state index in [0.717, 1.165) is 11.1 Å². The van der Waals surface area contributed by atoms with Gasteiger partial charge in [0.1, 0.15) is 0 Å². The zero-order chi connectivity index (χ0) is 20.0. The summed E-state index contributed by atoms with van der Waals surface area (Å²) in [7, 11) is 0. The molecule has 2 amide bonds. The fourth-order valence-electron chi connectivity index (χ4n) is 2.74. The Kier molecular flexibility index (Phi) is 6.96. The van der Waals surface area contributed by atoms with Crippen LogP contribution in [0.1, 0.15) is 39.5 Å². The van der Waals surface area contributed by atoms with E-state index >= 15 is 0 Å². The molecule has 0 aliphatic carbocycles. The second-order valence-corrected chi connectivity index (χ2v) is 6.60. The number of nitrogens with one attached hydrogen (secondary N) is 1. The number of rotatable bonds is 7. The zero-order valence-corrected chi connectivity index (χ0v) is 15.9. The molecule has 2 aromatic carbocycles. The van der Waals surface area contributed by atoms with Gasteiger partial charge in [-0.2, -0.15) is 0 Å². The summed E-state index contributed by atoms with van der Waals surface area (Å²) in [6.07, 6.45) is -0.202. The van der Waals surface area contributed by atoms with Gasteiger partial charge in [-0.05, 0) is 31.0 Å². The number of hydrogen-bond donors (Lipinski definition) is 2. The summed E-state index contributed by atoms with van der Waals surface area (Å²) in [5.41, 5.74) is 8.09. The predicted molar refractivity (Wildman–Crippen MR) is 103 cm³/mol. The Labute approximate surface area is 162 Å². The Morgan fingerprint density at radius 3 is 2.48 bits per heavy atom. The van der Waals surface area contributed by atoms with Crippen LogP contribution in [0, 0.1) is 13.8 Å². The van der Waals surface area contributed by atoms with Crippen LogP contribution >= 0.6 is 11.6 Å². The number of amides is 2. The number of ketones is 1. The SMILES string of the molecule is Cc1ccc(C(=O)COC(=O)CC(NC(N)=O)c2ccccc2Cl)c(C)c1. The van der Waals surface area contributed by atoms with Gasteiger partial charge in [0.2, 0.25) is 5.78 Å². The minimum atomic E-state index is -0.793. The van der Waals surface area contributed by atoms with Gasteiger partial charge in [0.05, 0.1) is 12.5 Å². The van der Waals surface area contributed by atoms with Gasteiger partial charge in [-0.25, -0.2) is 4.79 Å². The molecule has 0 aliphatic rings. The third-order valence-electron chi connectivity index (χ3n) is 4.01. The molecule has 2 rings (SSSR count). The van der Waals surface area contributed by atoms with Crippen LogP contribution in [0.25, 0.3) is 0 Å². The lowest BCUT2D eigenvalue weighted by atomic mass is 10.0. The minimum absolute atomic E-state index is 0.202. The van der Waals surface area contributed by atoms with Gasteiger partial charge >= 0.3 is 12.0 Å². The fourth-order valence-corrected chi connectivity index (χ4v) is 3.01. The summed E-state index contributed by atoms with van der Waals surface area (Å²) in [6.45, 7) is 3.38. The number of hydrogen-bond acceptors (Lipinski definition) is 4. The van der Waals surface area contributed by atoms with E-state index < -0.39 is 18.0 Å². The maximum absolute atomic E-state index is 12.3. The molecule has 3 N–H and O–H groups in total. The highest BCUT2D eigenvalue weighted by atomic mass is 35.5. The number of carbonyl (C=O) groups excluding carboxylic acids is 3. The first-order valence-electron chi connectivity index (χ1n) is 8.34. The normalized spacial score (nSPS) is 11.5. The van der Waals surface area contributed by atoms with Gasteiger partial charge in [-0.15, -0.1) is 0 Å². The van der Waals surface area contributed by atoms with Crippen molar-refractivity contribution >= 4 is 29.4 Å². The number of urea groups is 1. The molecule has 0 bridgehead atoms. The van der Waals surface area contributed by atoms with E-state index in [1.165, 1.54) is 0 Å². The molecule has 2 aromatic rings. The number of ether oxygens (including phenoxy) is 1. The number of esters is 1. The van der Waals surface area contributed by atoms with Crippen LogP contribution in [0.2, 0.25) is 5.02 Å². The molecule has 6 nitrogen and oxygen atoms in total. The third-order valence-corrected chi connectivity index (χ3v) is 4.36. The quantitative estimate of drug-likeness (QED) is 0.560. The number of benzene rings is 2. The smallest absolute Gasteiger partial charge is 0.312 e. The molecular weight excluding hydrogens is 368 g/mol. The van der Waals surface area contributed by atoms with E-state index in [9.17, 15) is 14.4 Å². The predicted octanol–water partition coefficient (Wildman–Crippen LogP) is 3.48. The van der Waals surface area contributed by atoms with E-state index in [2.05, 4.69) is 5.32 Å². The van der Waals surface area contributed by atoms with Gasteiger partial charge in [0.25, 0.3) is 0 Å². The van der Waals surface area contributed by atoms with E-state index in [4.69, 9.17) is 22.1 Å². The van der Waals surface area contributed by atoms with Crippen molar-refractivity contribution in [2.24, 2.45) is 5.73 Å². The van der Waals surface area contributed by atoms with Gasteiger partial charge in [-0.3, -0.25) is 9.59 Å². The van der Waals surface area contributed by atoms with E-state index in [-0.39, 0.29) is 18.8 Å². The number of nitrogens with two attached hydrogens (primary N) is 1. The zero-order valence-electron chi connectivity index (χ0n) is 15.1. The van der Waals surface area contributed by atoms with Crippen molar-refractivity contribution < 1.29 is 19.1 Å². The van der Waals surface area contributed by atoms with Gasteiger partial charge < -0.3 is 15.8 Å². The van der Waals surface area contributed by atoms with Crippen LogP contribution < -0.4 is 11.1 Å². The number of primary amides is 1.